The van der Waals surface area contributed by atoms with Crippen molar-refractivity contribution in [2.24, 2.45) is 0 Å². The quantitative estimate of drug-likeness (QED) is 0.532. The van der Waals surface area contributed by atoms with E-state index in [0.717, 1.165) is 45.7 Å². The molecule has 0 spiro atoms. The molecule has 5 heteroatoms. The van der Waals surface area contributed by atoms with E-state index in [1.807, 2.05) is 0 Å². The molecule has 0 amide bonds. The Bertz CT molecular complexity index is 227. The molecule has 0 aliphatic carbocycles. The van der Waals surface area contributed by atoms with E-state index in [1.54, 1.807) is 0 Å². The van der Waals surface area contributed by atoms with E-state index in [9.17, 15) is 9.59 Å². The van der Waals surface area contributed by atoms with Crippen molar-refractivity contribution in [3.8, 4) is 0 Å². The van der Waals surface area contributed by atoms with Crippen molar-refractivity contribution in [2.45, 2.75) is 38.1 Å². The number of aldehydes is 2. The molecule has 0 saturated carbocycles. The first-order chi connectivity index (χ1) is 8.29. The number of carbonyl (C=O) groups is 2. The molecule has 5 nitrogen and oxygen atoms in total. The van der Waals surface area contributed by atoms with Crippen LogP contribution in [0.1, 0.15) is 32.6 Å². The standard InChI is InChI=1S/C7H13NO2.C5H8O2/c1-2-7-3-9-5-8(7)6-10-4-7;6-4-2-1-3-5-7/h2-6H2,1H3;4-5H,1-3H2. The van der Waals surface area contributed by atoms with E-state index in [4.69, 9.17) is 9.47 Å². The third-order valence-electron chi connectivity index (χ3n) is 3.21. The Morgan fingerprint density at radius 1 is 1.12 bits per heavy atom. The van der Waals surface area contributed by atoms with Gasteiger partial charge in [-0.3, -0.25) is 0 Å². The molecule has 0 aromatic heterocycles. The smallest absolute Gasteiger partial charge is 0.120 e. The minimum absolute atomic E-state index is 0.236. The van der Waals surface area contributed by atoms with Gasteiger partial charge < -0.3 is 19.1 Å². The zero-order chi connectivity index (χ0) is 12.6. The van der Waals surface area contributed by atoms with Crippen LogP contribution in [0, 0.1) is 0 Å². The first-order valence-electron chi connectivity index (χ1n) is 6.07. The van der Waals surface area contributed by atoms with Crippen molar-refractivity contribution in [2.75, 3.05) is 26.7 Å². The second-order valence-electron chi connectivity index (χ2n) is 4.34. The summed E-state index contributed by atoms with van der Waals surface area (Å²) in [6.45, 7) is 5.41. The number of unbranched alkanes of at least 4 members (excludes halogenated alkanes) is 2. The monoisotopic (exact) mass is 243 g/mol. The Morgan fingerprint density at radius 3 is 2.00 bits per heavy atom. The Labute approximate surface area is 102 Å². The van der Waals surface area contributed by atoms with E-state index in [-0.39, 0.29) is 5.54 Å². The van der Waals surface area contributed by atoms with Gasteiger partial charge in [-0.15, -0.1) is 0 Å². The summed E-state index contributed by atoms with van der Waals surface area (Å²) >= 11 is 0. The normalized spacial score (nSPS) is 21.5. The fourth-order valence-corrected chi connectivity index (χ4v) is 1.94. The van der Waals surface area contributed by atoms with Crippen LogP contribution < -0.4 is 0 Å². The lowest BCUT2D eigenvalue weighted by Gasteiger charge is -2.24. The summed E-state index contributed by atoms with van der Waals surface area (Å²) < 4.78 is 10.7. The number of hydrogen-bond donors (Lipinski definition) is 0. The van der Waals surface area contributed by atoms with Gasteiger partial charge in [0.25, 0.3) is 0 Å². The average Bonchev–Trinajstić information content (AvgIpc) is 2.89. The minimum atomic E-state index is 0.236. The van der Waals surface area contributed by atoms with Crippen LogP contribution in [0.4, 0.5) is 0 Å². The van der Waals surface area contributed by atoms with Gasteiger partial charge >= 0.3 is 0 Å². The van der Waals surface area contributed by atoms with Gasteiger partial charge in [-0.05, 0) is 12.8 Å². The molecule has 0 radical (unpaired) electrons. The van der Waals surface area contributed by atoms with Gasteiger partial charge in [0.05, 0.1) is 18.8 Å². The Balaban J connectivity index is 0.000000185. The molecule has 0 aromatic rings. The molecule has 2 saturated heterocycles. The SMILES string of the molecule is CCC12COCN1COC2.O=CCCCC=O. The van der Waals surface area contributed by atoms with Gasteiger partial charge in [0.2, 0.25) is 0 Å². The lowest BCUT2D eigenvalue weighted by atomic mass is 9.99. The number of rotatable bonds is 5. The number of hydrogen-bond acceptors (Lipinski definition) is 5. The molecule has 2 aliphatic rings. The summed E-state index contributed by atoms with van der Waals surface area (Å²) in [5.41, 5.74) is 0.236. The lowest BCUT2D eigenvalue weighted by Crippen LogP contribution is -2.42. The van der Waals surface area contributed by atoms with E-state index >= 15 is 0 Å². The van der Waals surface area contributed by atoms with Crippen LogP contribution in [0.15, 0.2) is 0 Å². The molecule has 17 heavy (non-hydrogen) atoms. The van der Waals surface area contributed by atoms with E-state index in [2.05, 4.69) is 11.8 Å². The maximum absolute atomic E-state index is 9.56. The van der Waals surface area contributed by atoms with Crippen LogP contribution in [0.5, 0.6) is 0 Å². The second-order valence-corrected chi connectivity index (χ2v) is 4.34. The maximum atomic E-state index is 9.56. The van der Waals surface area contributed by atoms with Gasteiger partial charge in [-0.2, -0.15) is 0 Å². The average molecular weight is 243 g/mol. The molecule has 2 rings (SSSR count). The number of ether oxygens (including phenoxy) is 2. The summed E-state index contributed by atoms with van der Waals surface area (Å²) in [4.78, 5) is 21.4. The summed E-state index contributed by atoms with van der Waals surface area (Å²) in [7, 11) is 0. The Hall–Kier alpha value is -0.780. The number of fused-ring (bicyclic) bond motifs is 1. The highest BCUT2D eigenvalue weighted by Gasteiger charge is 2.44. The fourth-order valence-electron chi connectivity index (χ4n) is 1.94. The predicted octanol–water partition coefficient (Wildman–Crippen LogP) is 0.967. The molecule has 0 unspecified atom stereocenters. The summed E-state index contributed by atoms with van der Waals surface area (Å²) in [6, 6.07) is 0. The van der Waals surface area contributed by atoms with Crippen LogP contribution in [-0.2, 0) is 19.1 Å². The largest absolute Gasteiger partial charge is 0.364 e. The highest BCUT2D eigenvalue weighted by atomic mass is 16.6. The summed E-state index contributed by atoms with van der Waals surface area (Å²) in [6.07, 6.45) is 4.50. The highest BCUT2D eigenvalue weighted by molar-refractivity contribution is 5.52. The molecular formula is C12H21NO4. The predicted molar refractivity (Wildman–Crippen MR) is 62.5 cm³/mol. The van der Waals surface area contributed by atoms with E-state index in [0.29, 0.717) is 19.3 Å². The van der Waals surface area contributed by atoms with Gasteiger partial charge in [0, 0.05) is 12.8 Å². The number of nitrogens with zero attached hydrogens (tertiary/aromatic N) is 1. The summed E-state index contributed by atoms with van der Waals surface area (Å²) in [5, 5.41) is 0. The van der Waals surface area contributed by atoms with Crippen LogP contribution in [0.2, 0.25) is 0 Å². The third kappa shape index (κ3) is 3.87. The molecular weight excluding hydrogens is 222 g/mol. The Morgan fingerprint density at radius 2 is 1.65 bits per heavy atom. The molecule has 0 aromatic carbocycles. The van der Waals surface area contributed by atoms with E-state index < -0.39 is 0 Å². The van der Waals surface area contributed by atoms with Gasteiger partial charge in [-0.1, -0.05) is 6.92 Å². The minimum Gasteiger partial charge on any atom is -0.364 e. The molecule has 2 aliphatic heterocycles. The van der Waals surface area contributed by atoms with Crippen LogP contribution in [-0.4, -0.2) is 49.7 Å². The first-order valence-corrected chi connectivity index (χ1v) is 6.07. The van der Waals surface area contributed by atoms with Gasteiger partial charge in [-0.25, -0.2) is 4.90 Å². The van der Waals surface area contributed by atoms with Crippen molar-refractivity contribution in [3.05, 3.63) is 0 Å². The van der Waals surface area contributed by atoms with E-state index in [1.165, 1.54) is 0 Å². The Kier molecular flexibility index (Phi) is 6.32. The van der Waals surface area contributed by atoms with Crippen molar-refractivity contribution in [1.29, 1.82) is 0 Å². The van der Waals surface area contributed by atoms with Gasteiger partial charge in [0.15, 0.2) is 0 Å². The molecule has 2 heterocycles. The van der Waals surface area contributed by atoms with Crippen molar-refractivity contribution in [3.63, 3.8) is 0 Å². The lowest BCUT2D eigenvalue weighted by molar-refractivity contribution is -0.108. The van der Waals surface area contributed by atoms with Crippen LogP contribution in [0.3, 0.4) is 0 Å². The van der Waals surface area contributed by atoms with Crippen LogP contribution >= 0.6 is 0 Å². The van der Waals surface area contributed by atoms with Crippen molar-refractivity contribution >= 4 is 12.6 Å². The van der Waals surface area contributed by atoms with Gasteiger partial charge in [0.1, 0.15) is 26.0 Å². The molecule has 0 N–H and O–H groups in total. The van der Waals surface area contributed by atoms with Crippen LogP contribution in [0.25, 0.3) is 0 Å². The zero-order valence-electron chi connectivity index (χ0n) is 10.4. The second kappa shape index (κ2) is 7.53. The highest BCUT2D eigenvalue weighted by Crippen LogP contribution is 2.30. The van der Waals surface area contributed by atoms with Crippen molar-refractivity contribution in [1.82, 2.24) is 4.90 Å². The molecule has 0 bridgehead atoms. The maximum Gasteiger partial charge on any atom is 0.120 e. The molecule has 2 fully saturated rings. The number of carbonyl (C=O) groups excluding carboxylic acids is 2. The molecule has 0 atom stereocenters. The first kappa shape index (κ1) is 14.3. The molecule has 98 valence electrons. The summed E-state index contributed by atoms with van der Waals surface area (Å²) in [5.74, 6) is 0. The fraction of sp³-hybridized carbons (Fsp3) is 0.833. The van der Waals surface area contributed by atoms with Crippen molar-refractivity contribution < 1.29 is 19.1 Å². The third-order valence-corrected chi connectivity index (χ3v) is 3.21. The topological polar surface area (TPSA) is 55.8 Å². The zero-order valence-corrected chi connectivity index (χ0v) is 10.4.